The Labute approximate surface area is 176 Å². The Morgan fingerprint density at radius 1 is 1.17 bits per heavy atom. The molecule has 5 nitrogen and oxygen atoms in total. The van der Waals surface area contributed by atoms with E-state index in [9.17, 15) is 4.79 Å². The third-order valence-electron chi connectivity index (χ3n) is 5.23. The molecule has 152 valence electrons. The summed E-state index contributed by atoms with van der Waals surface area (Å²) in [6.45, 7) is 1.35. The van der Waals surface area contributed by atoms with Gasteiger partial charge in [-0.2, -0.15) is 0 Å². The van der Waals surface area contributed by atoms with E-state index in [1.165, 1.54) is 12.7 Å². The fourth-order valence-electron chi connectivity index (χ4n) is 3.61. The number of hydrogen-bond acceptors (Lipinski definition) is 5. The molecular formula is C25H24N2O3. The number of carbonyl (C=O) groups is 1. The summed E-state index contributed by atoms with van der Waals surface area (Å²) in [6, 6.07) is 18.2. The van der Waals surface area contributed by atoms with Crippen molar-refractivity contribution >= 4 is 23.8 Å². The van der Waals surface area contributed by atoms with Crippen LogP contribution in [0.5, 0.6) is 5.75 Å². The summed E-state index contributed by atoms with van der Waals surface area (Å²) in [5, 5.41) is 3.37. The van der Waals surface area contributed by atoms with Crippen molar-refractivity contribution in [2.75, 3.05) is 25.6 Å². The zero-order chi connectivity index (χ0) is 20.8. The van der Waals surface area contributed by atoms with Crippen LogP contribution in [-0.4, -0.2) is 31.2 Å². The average Bonchev–Trinajstić information content (AvgIpc) is 2.81. The van der Waals surface area contributed by atoms with Crippen molar-refractivity contribution in [2.24, 2.45) is 0 Å². The fraction of sp³-hybridized carbons (Fsp3) is 0.200. The third-order valence-corrected chi connectivity index (χ3v) is 5.23. The molecule has 0 radical (unpaired) electrons. The van der Waals surface area contributed by atoms with Gasteiger partial charge >= 0.3 is 5.97 Å². The average molecular weight is 400 g/mol. The van der Waals surface area contributed by atoms with Crippen LogP contribution in [0.25, 0.3) is 12.2 Å². The van der Waals surface area contributed by atoms with Crippen LogP contribution >= 0.6 is 0 Å². The van der Waals surface area contributed by atoms with Crippen LogP contribution in [-0.2, 0) is 4.74 Å². The van der Waals surface area contributed by atoms with E-state index in [1.807, 2.05) is 18.2 Å². The van der Waals surface area contributed by atoms with Crippen molar-refractivity contribution in [2.45, 2.75) is 12.3 Å². The van der Waals surface area contributed by atoms with Crippen molar-refractivity contribution < 1.29 is 14.3 Å². The van der Waals surface area contributed by atoms with Gasteiger partial charge in [0.2, 0.25) is 0 Å². The van der Waals surface area contributed by atoms with Crippen LogP contribution in [0.4, 0.5) is 5.69 Å². The molecular weight excluding hydrogens is 376 g/mol. The smallest absolute Gasteiger partial charge is 0.340 e. The van der Waals surface area contributed by atoms with E-state index in [0.717, 1.165) is 23.3 Å². The van der Waals surface area contributed by atoms with Gasteiger partial charge in [-0.3, -0.25) is 4.98 Å². The Balaban J connectivity index is 1.48. The van der Waals surface area contributed by atoms with Crippen molar-refractivity contribution in [3.8, 4) is 5.75 Å². The van der Waals surface area contributed by atoms with Gasteiger partial charge in [-0.05, 0) is 35.2 Å². The molecule has 1 aromatic heterocycles. The maximum atomic E-state index is 12.0. The van der Waals surface area contributed by atoms with E-state index in [2.05, 4.69) is 52.8 Å². The minimum Gasteiger partial charge on any atom is -0.493 e. The summed E-state index contributed by atoms with van der Waals surface area (Å²) in [5.74, 6) is 0.830. The standard InChI is InChI=1S/C25H24N2O3/c1-29-25(28)22-11-13-26-17-23(22)27-16-20-12-14-30-24-15-19(9-10-21(20)24)8-7-18-5-3-2-4-6-18/h2-11,13,15,17,20,27H,12,14,16H2,1H3/t20-/m0/s1. The number of benzene rings is 2. The number of ether oxygens (including phenoxy) is 2. The summed E-state index contributed by atoms with van der Waals surface area (Å²) >= 11 is 0. The number of fused-ring (bicyclic) bond motifs is 1. The van der Waals surface area contributed by atoms with Crippen LogP contribution in [0.3, 0.4) is 0 Å². The van der Waals surface area contributed by atoms with E-state index < -0.39 is 0 Å². The second kappa shape index (κ2) is 9.27. The summed E-state index contributed by atoms with van der Waals surface area (Å²) in [6.07, 6.45) is 8.35. The number of carbonyl (C=O) groups excluding carboxylic acids is 1. The van der Waals surface area contributed by atoms with Gasteiger partial charge in [-0.25, -0.2) is 4.79 Å². The summed E-state index contributed by atoms with van der Waals surface area (Å²) < 4.78 is 10.8. The molecule has 0 unspecified atom stereocenters. The lowest BCUT2D eigenvalue weighted by Crippen LogP contribution is -2.21. The molecule has 30 heavy (non-hydrogen) atoms. The highest BCUT2D eigenvalue weighted by atomic mass is 16.5. The molecule has 0 fully saturated rings. The quantitative estimate of drug-likeness (QED) is 0.465. The maximum absolute atomic E-state index is 12.0. The van der Waals surface area contributed by atoms with Crippen LogP contribution in [0.2, 0.25) is 0 Å². The molecule has 3 aromatic rings. The van der Waals surface area contributed by atoms with Crippen molar-refractivity contribution in [3.05, 3.63) is 89.2 Å². The highest BCUT2D eigenvalue weighted by Gasteiger charge is 2.22. The predicted molar refractivity (Wildman–Crippen MR) is 119 cm³/mol. The summed E-state index contributed by atoms with van der Waals surface area (Å²) in [4.78, 5) is 16.1. The van der Waals surface area contributed by atoms with Gasteiger partial charge in [-0.15, -0.1) is 0 Å². The number of anilines is 1. The molecule has 0 saturated carbocycles. The molecule has 0 aliphatic carbocycles. The zero-order valence-corrected chi connectivity index (χ0v) is 16.9. The first-order chi connectivity index (χ1) is 14.7. The van der Waals surface area contributed by atoms with Crippen molar-refractivity contribution in [3.63, 3.8) is 0 Å². The summed E-state index contributed by atoms with van der Waals surface area (Å²) in [7, 11) is 1.38. The Bertz CT molecular complexity index is 1050. The minimum absolute atomic E-state index is 0.284. The highest BCUT2D eigenvalue weighted by molar-refractivity contribution is 5.95. The van der Waals surface area contributed by atoms with Crippen molar-refractivity contribution in [1.82, 2.24) is 4.98 Å². The topological polar surface area (TPSA) is 60.5 Å². The molecule has 1 aliphatic heterocycles. The lowest BCUT2D eigenvalue weighted by Gasteiger charge is -2.27. The van der Waals surface area contributed by atoms with Gasteiger partial charge in [0.1, 0.15) is 5.75 Å². The predicted octanol–water partition coefficient (Wildman–Crippen LogP) is 5.02. The normalized spacial score (nSPS) is 15.3. The van der Waals surface area contributed by atoms with Gasteiger partial charge in [0, 0.05) is 18.7 Å². The number of rotatable bonds is 6. The molecule has 0 spiro atoms. The molecule has 0 bridgehead atoms. The van der Waals surface area contributed by atoms with E-state index >= 15 is 0 Å². The minimum atomic E-state index is -0.373. The largest absolute Gasteiger partial charge is 0.493 e. The van der Waals surface area contributed by atoms with Gasteiger partial charge in [-0.1, -0.05) is 54.6 Å². The fourth-order valence-corrected chi connectivity index (χ4v) is 3.61. The molecule has 4 rings (SSSR count). The zero-order valence-electron chi connectivity index (χ0n) is 16.9. The Morgan fingerprint density at radius 3 is 2.83 bits per heavy atom. The Kier molecular flexibility index (Phi) is 6.09. The first-order valence-electron chi connectivity index (χ1n) is 10.0. The molecule has 2 heterocycles. The number of pyridine rings is 1. The van der Waals surface area contributed by atoms with E-state index in [1.54, 1.807) is 18.5 Å². The van der Waals surface area contributed by atoms with Crippen LogP contribution < -0.4 is 10.1 Å². The number of nitrogens with one attached hydrogen (secondary N) is 1. The van der Waals surface area contributed by atoms with Gasteiger partial charge in [0.15, 0.2) is 0 Å². The SMILES string of the molecule is COC(=O)c1ccncc1NC[C@@H]1CCOc2cc(C=Cc3ccccc3)ccc21. The first kappa shape index (κ1) is 19.7. The number of esters is 1. The number of nitrogens with zero attached hydrogens (tertiary/aromatic N) is 1. The number of aromatic nitrogens is 1. The molecule has 1 aliphatic rings. The van der Waals surface area contributed by atoms with Crippen LogP contribution in [0.15, 0.2) is 67.0 Å². The number of methoxy groups -OCH3 is 1. The molecule has 5 heteroatoms. The highest BCUT2D eigenvalue weighted by Crippen LogP contribution is 2.35. The van der Waals surface area contributed by atoms with Crippen LogP contribution in [0.1, 0.15) is 39.4 Å². The van der Waals surface area contributed by atoms with Gasteiger partial charge in [0.05, 0.1) is 31.2 Å². The lowest BCUT2D eigenvalue weighted by atomic mass is 9.92. The maximum Gasteiger partial charge on any atom is 0.340 e. The monoisotopic (exact) mass is 400 g/mol. The lowest BCUT2D eigenvalue weighted by molar-refractivity contribution is 0.0601. The third kappa shape index (κ3) is 4.51. The van der Waals surface area contributed by atoms with E-state index in [4.69, 9.17) is 9.47 Å². The molecule has 1 N–H and O–H groups in total. The Hall–Kier alpha value is -3.60. The Morgan fingerprint density at radius 2 is 2.00 bits per heavy atom. The molecule has 1 atom stereocenters. The van der Waals surface area contributed by atoms with Crippen molar-refractivity contribution in [1.29, 1.82) is 0 Å². The molecule has 2 aromatic carbocycles. The van der Waals surface area contributed by atoms with E-state index in [0.29, 0.717) is 24.4 Å². The first-order valence-corrected chi connectivity index (χ1v) is 10.0. The van der Waals surface area contributed by atoms with Crippen LogP contribution in [0, 0.1) is 0 Å². The van der Waals surface area contributed by atoms with Gasteiger partial charge in [0.25, 0.3) is 0 Å². The van der Waals surface area contributed by atoms with Gasteiger partial charge < -0.3 is 14.8 Å². The molecule has 0 amide bonds. The second-order valence-electron chi connectivity index (χ2n) is 7.17. The van der Waals surface area contributed by atoms with E-state index in [-0.39, 0.29) is 11.9 Å². The second-order valence-corrected chi connectivity index (χ2v) is 7.17. The molecule has 0 saturated heterocycles. The number of hydrogen-bond donors (Lipinski definition) is 1. The summed E-state index contributed by atoms with van der Waals surface area (Å²) in [5.41, 5.74) is 4.61.